The second-order valence-electron chi connectivity index (χ2n) is 9.75. The zero-order valence-corrected chi connectivity index (χ0v) is 25.4. The van der Waals surface area contributed by atoms with Gasteiger partial charge in [-0.2, -0.15) is 0 Å². The quantitative estimate of drug-likeness (QED) is 0.222. The van der Waals surface area contributed by atoms with Gasteiger partial charge in [0.25, 0.3) is 5.91 Å². The van der Waals surface area contributed by atoms with E-state index in [0.29, 0.717) is 26.6 Å². The number of nitrogens with one attached hydrogen (secondary N) is 2. The van der Waals surface area contributed by atoms with Gasteiger partial charge < -0.3 is 29.6 Å². The minimum Gasteiger partial charge on any atom is -0.467 e. The van der Waals surface area contributed by atoms with E-state index >= 15 is 0 Å². The maximum Gasteiger partial charge on any atom is 0.408 e. The lowest BCUT2D eigenvalue weighted by Crippen LogP contribution is -2.43. The van der Waals surface area contributed by atoms with Crippen LogP contribution in [0.3, 0.4) is 0 Å². The summed E-state index contributed by atoms with van der Waals surface area (Å²) in [6, 6.07) is 3.95. The second-order valence-corrected chi connectivity index (χ2v) is 11.0. The number of thiazole rings is 1. The highest BCUT2D eigenvalue weighted by Crippen LogP contribution is 2.22. The smallest absolute Gasteiger partial charge is 0.408 e. The van der Waals surface area contributed by atoms with E-state index < -0.39 is 41.6 Å². The fraction of sp³-hybridized carbons (Fsp3) is 0.379. The number of rotatable bonds is 11. The molecule has 0 radical (unpaired) electrons. The number of aromatic nitrogens is 1. The number of amides is 2. The Bertz CT molecular complexity index is 1330. The van der Waals surface area contributed by atoms with Crippen LogP contribution in [0.1, 0.15) is 57.8 Å². The first kappa shape index (κ1) is 33.7. The highest BCUT2D eigenvalue weighted by atomic mass is 32.1. The van der Waals surface area contributed by atoms with Crippen molar-refractivity contribution in [2.45, 2.75) is 52.3 Å². The van der Waals surface area contributed by atoms with Gasteiger partial charge in [-0.15, -0.1) is 11.3 Å². The summed E-state index contributed by atoms with van der Waals surface area (Å²) in [6.45, 7) is 6.97. The molecule has 0 fully saturated rings. The second kappa shape index (κ2) is 15.5. The Morgan fingerprint density at radius 1 is 0.952 bits per heavy atom. The molecule has 226 valence electrons. The zero-order valence-electron chi connectivity index (χ0n) is 24.6. The molecule has 1 heterocycles. The molecule has 0 aliphatic rings. The fourth-order valence-electron chi connectivity index (χ4n) is 3.59. The van der Waals surface area contributed by atoms with Crippen molar-refractivity contribution in [3.8, 4) is 0 Å². The van der Waals surface area contributed by atoms with Crippen molar-refractivity contribution in [3.63, 3.8) is 0 Å². The minimum absolute atomic E-state index is 0.0456. The molecule has 1 aromatic carbocycles. The molecule has 12 nitrogen and oxygen atoms in total. The normalized spacial score (nSPS) is 12.1. The van der Waals surface area contributed by atoms with Gasteiger partial charge in [-0.05, 0) is 56.5 Å². The van der Waals surface area contributed by atoms with Gasteiger partial charge in [-0.25, -0.2) is 24.2 Å². The van der Waals surface area contributed by atoms with Crippen LogP contribution in [0, 0.1) is 6.92 Å². The van der Waals surface area contributed by atoms with Gasteiger partial charge in [0.15, 0.2) is 0 Å². The van der Waals surface area contributed by atoms with E-state index in [1.807, 2.05) is 0 Å². The molecule has 2 N–H and O–H groups in total. The maximum atomic E-state index is 13.3. The Morgan fingerprint density at radius 2 is 1.52 bits per heavy atom. The van der Waals surface area contributed by atoms with Crippen molar-refractivity contribution in [1.82, 2.24) is 15.6 Å². The number of methoxy groups -OCH3 is 3. The Morgan fingerprint density at radius 3 is 2.02 bits per heavy atom. The van der Waals surface area contributed by atoms with Crippen LogP contribution >= 0.6 is 11.3 Å². The van der Waals surface area contributed by atoms with Gasteiger partial charge in [0, 0.05) is 23.5 Å². The first-order valence-corrected chi connectivity index (χ1v) is 13.5. The molecular weight excluding hydrogens is 566 g/mol. The Labute approximate surface area is 248 Å². The molecule has 0 aliphatic carbocycles. The summed E-state index contributed by atoms with van der Waals surface area (Å²) in [4.78, 5) is 66.5. The first-order chi connectivity index (χ1) is 19.8. The van der Waals surface area contributed by atoms with E-state index in [9.17, 15) is 24.0 Å². The van der Waals surface area contributed by atoms with Crippen LogP contribution in [0.15, 0.2) is 30.4 Å². The van der Waals surface area contributed by atoms with E-state index in [1.54, 1.807) is 45.9 Å². The summed E-state index contributed by atoms with van der Waals surface area (Å²) < 4.78 is 19.5. The molecule has 13 heteroatoms. The van der Waals surface area contributed by atoms with Crippen molar-refractivity contribution in [2.24, 2.45) is 0 Å². The molecule has 42 heavy (non-hydrogen) atoms. The molecule has 0 saturated heterocycles. The zero-order chi connectivity index (χ0) is 31.4. The standard InChI is InChI=1S/C29H35N3O9S/c1-17-25(32-22(42-17)16-30-28(37)41-29(2,3)4)26(35)31-21(27(36)40-7)15-20-18(11-13-23(33)38-5)9-8-10-19(20)12-14-24(34)39-6/h8-14,21H,15-16H2,1-7H3,(H,30,37)(H,31,35)/b13-11+,14-12+/t21-/m0/s1. The number of carbonyl (C=O) groups is 5. The summed E-state index contributed by atoms with van der Waals surface area (Å²) in [7, 11) is 3.67. The van der Waals surface area contributed by atoms with Crippen LogP contribution in [-0.2, 0) is 46.3 Å². The van der Waals surface area contributed by atoms with Gasteiger partial charge in [-0.3, -0.25) is 4.79 Å². The van der Waals surface area contributed by atoms with E-state index in [1.165, 1.54) is 57.0 Å². The van der Waals surface area contributed by atoms with E-state index in [4.69, 9.17) is 9.47 Å². The van der Waals surface area contributed by atoms with E-state index in [0.717, 1.165) is 0 Å². The number of esters is 3. The van der Waals surface area contributed by atoms with E-state index in [2.05, 4.69) is 25.1 Å². The van der Waals surface area contributed by atoms with Gasteiger partial charge in [0.2, 0.25) is 0 Å². The number of nitrogens with zero attached hydrogens (tertiary/aromatic N) is 1. The molecule has 2 aromatic rings. The van der Waals surface area contributed by atoms with Crippen molar-refractivity contribution >= 4 is 53.4 Å². The van der Waals surface area contributed by atoms with Crippen molar-refractivity contribution in [1.29, 1.82) is 0 Å². The molecule has 0 unspecified atom stereocenters. The summed E-state index contributed by atoms with van der Waals surface area (Å²) in [5.74, 6) is -2.54. The third-order valence-corrected chi connectivity index (χ3v) is 6.46. The van der Waals surface area contributed by atoms with Gasteiger partial charge in [0.1, 0.15) is 22.3 Å². The number of carbonyl (C=O) groups excluding carboxylic acids is 5. The number of hydrogen-bond donors (Lipinski definition) is 2. The number of hydrogen-bond acceptors (Lipinski definition) is 11. The van der Waals surface area contributed by atoms with Crippen molar-refractivity contribution in [2.75, 3.05) is 21.3 Å². The SMILES string of the molecule is COC(=O)/C=C/c1cccc(/C=C/C(=O)OC)c1C[C@H](NC(=O)c1nc(CNC(=O)OC(C)(C)C)sc1C)C(=O)OC. The van der Waals surface area contributed by atoms with Crippen molar-refractivity contribution in [3.05, 3.63) is 62.6 Å². The summed E-state index contributed by atoms with van der Waals surface area (Å²) in [6.07, 6.45) is 4.75. The van der Waals surface area contributed by atoms with Gasteiger partial charge in [0.05, 0.1) is 27.9 Å². The largest absolute Gasteiger partial charge is 0.467 e. The molecule has 1 aromatic heterocycles. The Kier molecular flexibility index (Phi) is 12.4. The Hall–Kier alpha value is -4.52. The highest BCUT2D eigenvalue weighted by Gasteiger charge is 2.27. The number of benzene rings is 1. The lowest BCUT2D eigenvalue weighted by Gasteiger charge is -2.19. The third kappa shape index (κ3) is 10.5. The average molecular weight is 602 g/mol. The maximum absolute atomic E-state index is 13.3. The van der Waals surface area contributed by atoms with Crippen LogP contribution in [0.4, 0.5) is 4.79 Å². The minimum atomic E-state index is -1.16. The molecular formula is C29H35N3O9S. The lowest BCUT2D eigenvalue weighted by atomic mass is 9.94. The molecule has 2 rings (SSSR count). The van der Waals surface area contributed by atoms with Crippen LogP contribution < -0.4 is 10.6 Å². The van der Waals surface area contributed by atoms with Gasteiger partial charge in [-0.1, -0.05) is 18.2 Å². The van der Waals surface area contributed by atoms with Crippen LogP contribution in [0.2, 0.25) is 0 Å². The molecule has 0 saturated carbocycles. The van der Waals surface area contributed by atoms with Crippen molar-refractivity contribution < 1.29 is 42.9 Å². The summed E-state index contributed by atoms with van der Waals surface area (Å²) in [5.41, 5.74) is 1.02. The molecule has 0 aliphatic heterocycles. The number of ether oxygens (including phenoxy) is 4. The van der Waals surface area contributed by atoms with Crippen LogP contribution in [0.25, 0.3) is 12.2 Å². The van der Waals surface area contributed by atoms with Crippen LogP contribution in [-0.4, -0.2) is 67.9 Å². The summed E-state index contributed by atoms with van der Waals surface area (Å²) in [5, 5.41) is 5.74. The lowest BCUT2D eigenvalue weighted by molar-refractivity contribution is -0.143. The Balaban J connectivity index is 2.36. The predicted molar refractivity (Wildman–Crippen MR) is 155 cm³/mol. The summed E-state index contributed by atoms with van der Waals surface area (Å²) >= 11 is 1.21. The average Bonchev–Trinajstić information content (AvgIpc) is 3.32. The fourth-order valence-corrected chi connectivity index (χ4v) is 4.46. The number of aryl methyl sites for hydroxylation is 1. The monoisotopic (exact) mass is 601 g/mol. The van der Waals surface area contributed by atoms with E-state index in [-0.39, 0.29) is 18.7 Å². The molecule has 2 amide bonds. The molecule has 1 atom stereocenters. The highest BCUT2D eigenvalue weighted by molar-refractivity contribution is 7.11. The molecule has 0 spiro atoms. The van der Waals surface area contributed by atoms with Gasteiger partial charge >= 0.3 is 24.0 Å². The predicted octanol–water partition coefficient (Wildman–Crippen LogP) is 3.36. The number of alkyl carbamates (subject to hydrolysis) is 1. The van der Waals surface area contributed by atoms with Crippen LogP contribution in [0.5, 0.6) is 0 Å². The first-order valence-electron chi connectivity index (χ1n) is 12.7. The topological polar surface area (TPSA) is 159 Å². The third-order valence-electron chi connectivity index (χ3n) is 5.49. The molecule has 0 bridgehead atoms.